The summed E-state index contributed by atoms with van der Waals surface area (Å²) >= 11 is 0. The third-order valence-corrected chi connectivity index (χ3v) is 12.9. The zero-order chi connectivity index (χ0) is 33.6. The fourth-order valence-electron chi connectivity index (χ4n) is 10.3. The molecule has 4 unspecified atom stereocenters. The van der Waals surface area contributed by atoms with E-state index in [1.54, 1.807) is 10.3 Å². The first-order valence-corrected chi connectivity index (χ1v) is 19.2. The van der Waals surface area contributed by atoms with E-state index < -0.39 is 0 Å². The summed E-state index contributed by atoms with van der Waals surface area (Å²) in [5, 5.41) is 11.2. The number of carbonyl (C=O) groups excluding carboxylic acids is 1. The molecule has 3 saturated carbocycles. The number of allylic oxidation sites excluding steroid dienone is 1. The van der Waals surface area contributed by atoms with Crippen molar-refractivity contribution in [2.75, 3.05) is 19.8 Å². The molecule has 0 spiro atoms. The molecular formula is C39H66N4O4. The third kappa shape index (κ3) is 8.81. The van der Waals surface area contributed by atoms with Crippen molar-refractivity contribution in [2.24, 2.45) is 46.3 Å². The first-order valence-electron chi connectivity index (χ1n) is 19.2. The van der Waals surface area contributed by atoms with Crippen molar-refractivity contribution in [3.63, 3.8) is 0 Å². The monoisotopic (exact) mass is 655 g/mol. The van der Waals surface area contributed by atoms with Crippen molar-refractivity contribution in [2.45, 2.75) is 151 Å². The van der Waals surface area contributed by atoms with E-state index in [9.17, 15) is 4.79 Å². The summed E-state index contributed by atoms with van der Waals surface area (Å²) in [7, 11) is 0. The second-order valence-electron chi connectivity index (χ2n) is 16.8. The molecule has 8 atom stereocenters. The Morgan fingerprint density at radius 1 is 1.02 bits per heavy atom. The number of nitrogens with zero attached hydrogens (tertiary/aromatic N) is 3. The molecule has 1 aromatic heterocycles. The van der Waals surface area contributed by atoms with Crippen molar-refractivity contribution in [3.8, 4) is 0 Å². The topological polar surface area (TPSA) is 87.5 Å². The molecule has 0 radical (unpaired) electrons. The minimum absolute atomic E-state index is 0.0166. The number of hydrogen-bond acceptors (Lipinski definition) is 6. The van der Waals surface area contributed by atoms with Crippen LogP contribution < -0.4 is 5.32 Å². The lowest BCUT2D eigenvalue weighted by Gasteiger charge is -2.58. The SMILES string of the molecule is CC(C)CCC[C@@H](C)C1CCC2C3CC=C4C[C@@H](OC(=O)NCCCOCCn5cc(COC(C)C)nn5)CC[C@]4(C)C3CC[C@@]21C. The molecule has 4 aliphatic carbocycles. The van der Waals surface area contributed by atoms with Gasteiger partial charge in [0.1, 0.15) is 11.8 Å². The molecule has 0 bridgehead atoms. The molecule has 8 heteroatoms. The molecule has 3 fully saturated rings. The Labute approximate surface area is 285 Å². The minimum atomic E-state index is -0.292. The highest BCUT2D eigenvalue weighted by Gasteiger charge is 2.59. The maximum Gasteiger partial charge on any atom is 0.407 e. The summed E-state index contributed by atoms with van der Waals surface area (Å²) in [4.78, 5) is 12.7. The van der Waals surface area contributed by atoms with Crippen LogP contribution in [0.3, 0.4) is 0 Å². The van der Waals surface area contributed by atoms with E-state index in [1.807, 2.05) is 20.0 Å². The number of nitrogens with one attached hydrogen (secondary N) is 1. The molecular weight excluding hydrogens is 588 g/mol. The van der Waals surface area contributed by atoms with Crippen molar-refractivity contribution in [3.05, 3.63) is 23.5 Å². The van der Waals surface area contributed by atoms with Crippen LogP contribution in [-0.2, 0) is 27.4 Å². The lowest BCUT2D eigenvalue weighted by molar-refractivity contribution is -0.0581. The lowest BCUT2D eigenvalue weighted by atomic mass is 9.47. The lowest BCUT2D eigenvalue weighted by Crippen LogP contribution is -2.51. The predicted molar refractivity (Wildman–Crippen MR) is 187 cm³/mol. The van der Waals surface area contributed by atoms with E-state index >= 15 is 0 Å². The molecule has 1 heterocycles. The molecule has 8 nitrogen and oxygen atoms in total. The van der Waals surface area contributed by atoms with E-state index in [0.29, 0.717) is 38.3 Å². The summed E-state index contributed by atoms with van der Waals surface area (Å²) in [5.41, 5.74) is 3.19. The normalized spacial score (nSPS) is 32.4. The largest absolute Gasteiger partial charge is 0.446 e. The Kier molecular flexibility index (Phi) is 12.5. The Balaban J connectivity index is 1.01. The van der Waals surface area contributed by atoms with Crippen LogP contribution in [0.15, 0.2) is 17.8 Å². The van der Waals surface area contributed by atoms with E-state index in [2.05, 4.69) is 56.3 Å². The van der Waals surface area contributed by atoms with Crippen LogP contribution in [0.2, 0.25) is 0 Å². The summed E-state index contributed by atoms with van der Waals surface area (Å²) in [6, 6.07) is 0. The van der Waals surface area contributed by atoms with E-state index in [4.69, 9.17) is 14.2 Å². The molecule has 1 aromatic rings. The average Bonchev–Trinajstić information content (AvgIpc) is 3.63. The highest BCUT2D eigenvalue weighted by molar-refractivity contribution is 5.67. The Morgan fingerprint density at radius 3 is 2.64 bits per heavy atom. The van der Waals surface area contributed by atoms with Crippen LogP contribution in [0.1, 0.15) is 131 Å². The standard InChI is InChI=1S/C39H66N4O4/c1-27(2)10-8-11-29(5)34-14-15-35-33-13-12-30-24-32(16-18-38(30,6)36(33)17-19-39(34,35)7)47-37(44)40-20-9-22-45-23-21-43-25-31(41-42-43)26-46-28(3)4/h12,25,27-29,32-36H,8-11,13-24,26H2,1-7H3,(H,40,44)/t29-,32+,33?,34?,35?,36?,38+,39-/m1/s1. The van der Waals surface area contributed by atoms with Gasteiger partial charge in [-0.3, -0.25) is 0 Å². The number of fused-ring (bicyclic) bond motifs is 5. The van der Waals surface area contributed by atoms with Gasteiger partial charge in [-0.05, 0) is 112 Å². The number of ether oxygens (including phenoxy) is 3. The number of hydrogen-bond donors (Lipinski definition) is 1. The van der Waals surface area contributed by atoms with Gasteiger partial charge >= 0.3 is 6.09 Å². The predicted octanol–water partition coefficient (Wildman–Crippen LogP) is 8.75. The minimum Gasteiger partial charge on any atom is -0.446 e. The number of rotatable bonds is 16. The van der Waals surface area contributed by atoms with Crippen molar-refractivity contribution < 1.29 is 19.0 Å². The highest BCUT2D eigenvalue weighted by atomic mass is 16.6. The molecule has 1 N–H and O–H groups in total. The van der Waals surface area contributed by atoms with Crippen LogP contribution in [0.25, 0.3) is 0 Å². The molecule has 266 valence electrons. The average molecular weight is 655 g/mol. The number of aromatic nitrogens is 3. The van der Waals surface area contributed by atoms with Gasteiger partial charge in [0, 0.05) is 19.6 Å². The first kappa shape index (κ1) is 36.4. The van der Waals surface area contributed by atoms with Gasteiger partial charge in [0.15, 0.2) is 0 Å². The zero-order valence-corrected chi connectivity index (χ0v) is 30.8. The van der Waals surface area contributed by atoms with E-state index in [0.717, 1.165) is 66.9 Å². The molecule has 1 amide bonds. The summed E-state index contributed by atoms with van der Waals surface area (Å²) < 4.78 is 19.0. The van der Waals surface area contributed by atoms with Crippen LogP contribution in [0.5, 0.6) is 0 Å². The molecule has 0 aromatic carbocycles. The molecule has 0 saturated heterocycles. The van der Waals surface area contributed by atoms with Gasteiger partial charge in [-0.15, -0.1) is 5.10 Å². The number of carbonyl (C=O) groups is 1. The Morgan fingerprint density at radius 2 is 1.85 bits per heavy atom. The van der Waals surface area contributed by atoms with Gasteiger partial charge in [-0.1, -0.05) is 70.7 Å². The summed E-state index contributed by atoms with van der Waals surface area (Å²) in [6.07, 6.45) is 19.2. The molecule has 47 heavy (non-hydrogen) atoms. The van der Waals surface area contributed by atoms with E-state index in [-0.39, 0.29) is 23.7 Å². The quantitative estimate of drug-likeness (QED) is 0.142. The molecule has 0 aliphatic heterocycles. The smallest absolute Gasteiger partial charge is 0.407 e. The van der Waals surface area contributed by atoms with Gasteiger partial charge in [-0.25, -0.2) is 9.48 Å². The highest BCUT2D eigenvalue weighted by Crippen LogP contribution is 2.67. The Bertz CT molecular complexity index is 1180. The van der Waals surface area contributed by atoms with Gasteiger partial charge in [0.05, 0.1) is 32.1 Å². The number of amides is 1. The summed E-state index contributed by atoms with van der Waals surface area (Å²) in [6.45, 7) is 19.3. The second kappa shape index (κ2) is 16.2. The third-order valence-electron chi connectivity index (χ3n) is 12.9. The van der Waals surface area contributed by atoms with Crippen molar-refractivity contribution in [1.29, 1.82) is 0 Å². The van der Waals surface area contributed by atoms with Crippen molar-refractivity contribution >= 4 is 6.09 Å². The van der Waals surface area contributed by atoms with Crippen molar-refractivity contribution in [1.82, 2.24) is 20.3 Å². The maximum absolute atomic E-state index is 12.7. The second-order valence-corrected chi connectivity index (χ2v) is 16.8. The maximum atomic E-state index is 12.7. The van der Waals surface area contributed by atoms with Crippen LogP contribution >= 0.6 is 0 Å². The first-order chi connectivity index (χ1) is 22.5. The van der Waals surface area contributed by atoms with Gasteiger partial charge in [-0.2, -0.15) is 0 Å². The molecule has 4 aliphatic rings. The zero-order valence-electron chi connectivity index (χ0n) is 30.8. The fraction of sp³-hybridized carbons (Fsp3) is 0.872. The van der Waals surface area contributed by atoms with Gasteiger partial charge in [0.2, 0.25) is 0 Å². The van der Waals surface area contributed by atoms with Crippen LogP contribution in [-0.4, -0.2) is 53.1 Å². The van der Waals surface area contributed by atoms with E-state index in [1.165, 1.54) is 51.4 Å². The fourth-order valence-corrected chi connectivity index (χ4v) is 10.3. The van der Waals surface area contributed by atoms with Gasteiger partial charge in [0.25, 0.3) is 0 Å². The van der Waals surface area contributed by atoms with Gasteiger partial charge < -0.3 is 19.5 Å². The Hall–Kier alpha value is -1.93. The summed E-state index contributed by atoms with van der Waals surface area (Å²) in [5.74, 6) is 5.07. The number of alkyl carbamates (subject to hydrolysis) is 1. The molecule has 5 rings (SSSR count). The van der Waals surface area contributed by atoms with Crippen LogP contribution in [0, 0.1) is 46.3 Å². The van der Waals surface area contributed by atoms with Crippen LogP contribution in [0.4, 0.5) is 4.79 Å².